The number of thiazole rings is 1. The molecular weight excluding hydrogens is 500 g/mol. The number of amides is 1. The van der Waals surface area contributed by atoms with Crippen molar-refractivity contribution in [3.05, 3.63) is 40.2 Å². The molecule has 4 rings (SSSR count). The summed E-state index contributed by atoms with van der Waals surface area (Å²) in [5.41, 5.74) is 2.01. The Morgan fingerprint density at radius 1 is 1.15 bits per heavy atom. The molecule has 3 aromatic rings. The topological polar surface area (TPSA) is 73.8 Å². The van der Waals surface area contributed by atoms with Crippen molar-refractivity contribution in [3.63, 3.8) is 0 Å². The van der Waals surface area contributed by atoms with Gasteiger partial charge in [-0.25, -0.2) is 13.4 Å². The Morgan fingerprint density at radius 2 is 1.88 bits per heavy atom. The van der Waals surface area contributed by atoms with Crippen LogP contribution in [0, 0.1) is 12.8 Å². The number of piperidine rings is 1. The zero-order valence-corrected chi connectivity index (χ0v) is 22.0. The Kier molecular flexibility index (Phi) is 7.42. The molecule has 0 atom stereocenters. The third-order valence-corrected chi connectivity index (χ3v) is 10.5. The van der Waals surface area contributed by atoms with Crippen LogP contribution < -0.4 is 4.90 Å². The largest absolute Gasteiger partial charge is 0.308 e. The van der Waals surface area contributed by atoms with Gasteiger partial charge in [-0.3, -0.25) is 9.69 Å². The van der Waals surface area contributed by atoms with Crippen molar-refractivity contribution < 1.29 is 13.2 Å². The van der Waals surface area contributed by atoms with Crippen LogP contribution in [0.3, 0.4) is 0 Å². The first-order valence-electron chi connectivity index (χ1n) is 10.7. The number of hydrogen-bond donors (Lipinski definition) is 0. The summed E-state index contributed by atoms with van der Waals surface area (Å²) >= 11 is 8.52. The lowest BCUT2D eigenvalue weighted by Crippen LogP contribution is -2.45. The van der Waals surface area contributed by atoms with Crippen LogP contribution in [0.15, 0.2) is 34.5 Å². The Morgan fingerprint density at radius 3 is 2.48 bits per heavy atom. The maximum atomic E-state index is 13.6. The molecule has 1 aliphatic rings. The van der Waals surface area contributed by atoms with E-state index in [-0.39, 0.29) is 16.0 Å². The first-order chi connectivity index (χ1) is 15.7. The molecule has 2 aromatic heterocycles. The smallest absolute Gasteiger partial charge is 0.252 e. The number of sulfonamides is 1. The molecule has 3 heterocycles. The third-order valence-electron chi connectivity index (χ3n) is 5.82. The van der Waals surface area contributed by atoms with E-state index in [1.54, 1.807) is 11.0 Å². The third kappa shape index (κ3) is 5.26. The molecule has 0 radical (unpaired) electrons. The molecule has 7 nitrogen and oxygen atoms in total. The number of para-hydroxylation sites is 1. The molecule has 11 heteroatoms. The van der Waals surface area contributed by atoms with E-state index < -0.39 is 10.0 Å². The molecule has 178 valence electrons. The van der Waals surface area contributed by atoms with Gasteiger partial charge in [0.25, 0.3) is 10.0 Å². The standard InChI is InChI=1S/C22H27ClN4O3S3/c1-15-5-4-6-17-20(15)24-22(31-17)27(14-13-25(2)3)21(28)16-9-11-26(12-10-16)33(29,30)19-8-7-18(23)32-19/h4-8,16H,9-14H2,1-3H3. The van der Waals surface area contributed by atoms with Crippen molar-refractivity contribution in [1.82, 2.24) is 14.2 Å². The van der Waals surface area contributed by atoms with Gasteiger partial charge in [0.2, 0.25) is 5.91 Å². The highest BCUT2D eigenvalue weighted by molar-refractivity contribution is 7.91. The maximum absolute atomic E-state index is 13.6. The number of aromatic nitrogens is 1. The van der Waals surface area contributed by atoms with Gasteiger partial charge < -0.3 is 4.90 Å². The van der Waals surface area contributed by atoms with Crippen LogP contribution >= 0.6 is 34.3 Å². The Hall–Kier alpha value is -1.56. The summed E-state index contributed by atoms with van der Waals surface area (Å²) in [5, 5.41) is 0.703. The number of carbonyl (C=O) groups excluding carboxylic acids is 1. The quantitative estimate of drug-likeness (QED) is 0.458. The Bertz CT molecular complexity index is 1250. The number of thiophene rings is 1. The van der Waals surface area contributed by atoms with E-state index in [1.165, 1.54) is 21.7 Å². The summed E-state index contributed by atoms with van der Waals surface area (Å²) in [7, 11) is 0.374. The number of rotatable bonds is 7. The molecular formula is C22H27ClN4O3S3. The number of aryl methyl sites for hydroxylation is 1. The number of nitrogens with zero attached hydrogens (tertiary/aromatic N) is 4. The van der Waals surface area contributed by atoms with Gasteiger partial charge in [0.05, 0.1) is 14.6 Å². The molecule has 1 fully saturated rings. The van der Waals surface area contributed by atoms with Crippen LogP contribution in [0.25, 0.3) is 10.2 Å². The number of likely N-dealkylation sites (N-methyl/N-ethyl adjacent to an activating group) is 1. The second kappa shape index (κ2) is 9.97. The van der Waals surface area contributed by atoms with Crippen molar-refractivity contribution in [2.45, 2.75) is 24.0 Å². The predicted octanol–water partition coefficient (Wildman–Crippen LogP) is 4.32. The molecule has 1 aliphatic heterocycles. The molecule has 0 bridgehead atoms. The van der Waals surface area contributed by atoms with Crippen LogP contribution in [0.4, 0.5) is 5.13 Å². The number of fused-ring (bicyclic) bond motifs is 1. The van der Waals surface area contributed by atoms with E-state index in [9.17, 15) is 13.2 Å². The number of benzene rings is 1. The van der Waals surface area contributed by atoms with Gasteiger partial charge in [-0.05, 0) is 57.6 Å². The van der Waals surface area contributed by atoms with Gasteiger partial charge in [-0.1, -0.05) is 35.1 Å². The first-order valence-corrected chi connectivity index (χ1v) is 14.2. The number of hydrogen-bond acceptors (Lipinski definition) is 7. The van der Waals surface area contributed by atoms with Crippen LogP contribution in [0.1, 0.15) is 18.4 Å². The van der Waals surface area contributed by atoms with Crippen molar-refractivity contribution in [2.75, 3.05) is 45.2 Å². The summed E-state index contributed by atoms with van der Waals surface area (Å²) in [5.74, 6) is -0.219. The van der Waals surface area contributed by atoms with Gasteiger partial charge in [-0.2, -0.15) is 4.31 Å². The van der Waals surface area contributed by atoms with E-state index in [1.807, 2.05) is 44.1 Å². The van der Waals surface area contributed by atoms with Crippen LogP contribution in [0.2, 0.25) is 4.34 Å². The molecule has 0 aliphatic carbocycles. The van der Waals surface area contributed by atoms with Gasteiger partial charge in [-0.15, -0.1) is 11.3 Å². The molecule has 0 N–H and O–H groups in total. The number of halogens is 1. The lowest BCUT2D eigenvalue weighted by atomic mass is 9.96. The molecule has 1 amide bonds. The molecule has 0 saturated carbocycles. The monoisotopic (exact) mass is 526 g/mol. The summed E-state index contributed by atoms with van der Waals surface area (Å²) in [4.78, 5) is 22.2. The van der Waals surface area contributed by atoms with E-state index >= 15 is 0 Å². The van der Waals surface area contributed by atoms with Gasteiger partial charge in [0, 0.05) is 32.1 Å². The van der Waals surface area contributed by atoms with Crippen molar-refractivity contribution in [1.29, 1.82) is 0 Å². The minimum atomic E-state index is -3.58. The predicted molar refractivity (Wildman–Crippen MR) is 136 cm³/mol. The van der Waals surface area contributed by atoms with Gasteiger partial charge in [0.1, 0.15) is 4.21 Å². The van der Waals surface area contributed by atoms with Gasteiger partial charge >= 0.3 is 0 Å². The van der Waals surface area contributed by atoms with E-state index in [0.717, 1.165) is 27.1 Å². The minimum absolute atomic E-state index is 0.0183. The summed E-state index contributed by atoms with van der Waals surface area (Å²) in [6.45, 7) is 3.90. The number of carbonyl (C=O) groups is 1. The first kappa shape index (κ1) is 24.6. The molecule has 0 spiro atoms. The molecule has 1 saturated heterocycles. The fourth-order valence-corrected chi connectivity index (χ4v) is 8.10. The molecule has 33 heavy (non-hydrogen) atoms. The summed E-state index contributed by atoms with van der Waals surface area (Å²) in [6, 6.07) is 9.19. The Labute approximate surface area is 207 Å². The van der Waals surface area contributed by atoms with Crippen molar-refractivity contribution in [2.24, 2.45) is 5.92 Å². The van der Waals surface area contributed by atoms with Crippen LogP contribution in [0.5, 0.6) is 0 Å². The van der Waals surface area contributed by atoms with Crippen LogP contribution in [-0.2, 0) is 14.8 Å². The van der Waals surface area contributed by atoms with Crippen molar-refractivity contribution in [3.8, 4) is 0 Å². The number of anilines is 1. The highest BCUT2D eigenvalue weighted by atomic mass is 35.5. The average Bonchev–Trinajstić information content (AvgIpc) is 3.41. The average molecular weight is 527 g/mol. The van der Waals surface area contributed by atoms with E-state index in [4.69, 9.17) is 16.6 Å². The highest BCUT2D eigenvalue weighted by Gasteiger charge is 2.35. The van der Waals surface area contributed by atoms with E-state index in [0.29, 0.717) is 48.5 Å². The zero-order valence-electron chi connectivity index (χ0n) is 18.8. The molecule has 1 aromatic carbocycles. The SMILES string of the molecule is Cc1cccc2sc(N(CCN(C)C)C(=O)C3CCN(S(=O)(=O)c4ccc(Cl)s4)CC3)nc12. The summed E-state index contributed by atoms with van der Waals surface area (Å²) < 4.78 is 29.0. The zero-order chi connectivity index (χ0) is 23.8. The lowest BCUT2D eigenvalue weighted by Gasteiger charge is -2.33. The second-order valence-electron chi connectivity index (χ2n) is 8.45. The molecule has 0 unspecified atom stereocenters. The van der Waals surface area contributed by atoms with Crippen LogP contribution in [-0.4, -0.2) is 68.8 Å². The minimum Gasteiger partial charge on any atom is -0.308 e. The summed E-state index contributed by atoms with van der Waals surface area (Å²) in [6.07, 6.45) is 0.971. The van der Waals surface area contributed by atoms with Gasteiger partial charge in [0.15, 0.2) is 5.13 Å². The highest BCUT2D eigenvalue weighted by Crippen LogP contribution is 2.34. The second-order valence-corrected chi connectivity index (χ2v) is 13.3. The Balaban J connectivity index is 1.51. The fourth-order valence-electron chi connectivity index (χ4n) is 3.92. The fraction of sp³-hybridized carbons (Fsp3) is 0.455. The lowest BCUT2D eigenvalue weighted by molar-refractivity contribution is -0.123. The van der Waals surface area contributed by atoms with Crippen molar-refractivity contribution >= 4 is 65.6 Å². The normalized spacial score (nSPS) is 16.0. The van der Waals surface area contributed by atoms with E-state index in [2.05, 4.69) is 0 Å². The maximum Gasteiger partial charge on any atom is 0.252 e.